The van der Waals surface area contributed by atoms with Crippen LogP contribution in [0, 0.1) is 5.92 Å². The fraction of sp³-hybridized carbons (Fsp3) is 0.909. The lowest BCUT2D eigenvalue weighted by Crippen LogP contribution is -2.40. The van der Waals surface area contributed by atoms with Crippen molar-refractivity contribution in [1.29, 1.82) is 0 Å². The summed E-state index contributed by atoms with van der Waals surface area (Å²) in [6.45, 7) is 3.24. The van der Waals surface area contributed by atoms with Gasteiger partial charge >= 0.3 is 0 Å². The van der Waals surface area contributed by atoms with Crippen LogP contribution in [0.5, 0.6) is 0 Å². The molecule has 2 aliphatic rings. The Bertz CT molecular complexity index is 233. The molecule has 0 aromatic rings. The van der Waals surface area contributed by atoms with Gasteiger partial charge in [0.2, 0.25) is 5.91 Å². The molecule has 1 unspecified atom stereocenters. The van der Waals surface area contributed by atoms with Crippen molar-refractivity contribution in [2.24, 2.45) is 11.7 Å². The predicted molar refractivity (Wildman–Crippen MR) is 66.6 cm³/mol. The molecule has 1 heterocycles. The van der Waals surface area contributed by atoms with Crippen molar-refractivity contribution in [3.05, 3.63) is 0 Å². The third-order valence-electron chi connectivity index (χ3n) is 3.49. The molecule has 3 N–H and O–H groups in total. The monoisotopic (exact) mass is 247 g/mol. The molecule has 5 heteroatoms. The van der Waals surface area contributed by atoms with Crippen LogP contribution in [0.4, 0.5) is 0 Å². The highest BCUT2D eigenvalue weighted by Crippen LogP contribution is 2.25. The summed E-state index contributed by atoms with van der Waals surface area (Å²) in [5, 5.41) is 3.00. The average Bonchev–Trinajstić information content (AvgIpc) is 2.48. The summed E-state index contributed by atoms with van der Waals surface area (Å²) in [5.41, 5.74) is 5.78. The van der Waals surface area contributed by atoms with Crippen LogP contribution in [0.1, 0.15) is 25.7 Å². The highest BCUT2D eigenvalue weighted by Gasteiger charge is 2.22. The van der Waals surface area contributed by atoms with E-state index in [1.54, 1.807) is 0 Å². The standard InChI is InChI=1S/C11H21N3O.ClH/c12-10-4-5-14(7-10)8-11(15)13-6-9-2-1-3-9;/h9-10H,1-8,12H2,(H,13,15);1H. The van der Waals surface area contributed by atoms with Gasteiger partial charge in [0.25, 0.3) is 0 Å². The number of carbonyl (C=O) groups is 1. The lowest BCUT2D eigenvalue weighted by Gasteiger charge is -2.25. The number of likely N-dealkylation sites (tertiary alicyclic amines) is 1. The molecule has 1 aliphatic carbocycles. The van der Waals surface area contributed by atoms with Crippen LogP contribution in [0.2, 0.25) is 0 Å². The Kier molecular flexibility index (Phi) is 5.52. The van der Waals surface area contributed by atoms with E-state index in [1.165, 1.54) is 19.3 Å². The first kappa shape index (κ1) is 13.7. The van der Waals surface area contributed by atoms with E-state index in [0.29, 0.717) is 6.54 Å². The molecule has 0 bridgehead atoms. The fourth-order valence-electron chi connectivity index (χ4n) is 2.22. The fourth-order valence-corrected chi connectivity index (χ4v) is 2.22. The minimum atomic E-state index is 0. The Morgan fingerprint density at radius 1 is 1.38 bits per heavy atom. The summed E-state index contributed by atoms with van der Waals surface area (Å²) in [6.07, 6.45) is 4.93. The van der Waals surface area contributed by atoms with Gasteiger partial charge in [-0.15, -0.1) is 12.4 Å². The molecule has 16 heavy (non-hydrogen) atoms. The van der Waals surface area contributed by atoms with E-state index in [-0.39, 0.29) is 24.4 Å². The number of hydrogen-bond acceptors (Lipinski definition) is 3. The molecule has 1 saturated carbocycles. The zero-order chi connectivity index (χ0) is 10.7. The second kappa shape index (κ2) is 6.42. The van der Waals surface area contributed by atoms with Crippen LogP contribution in [-0.4, -0.2) is 43.0 Å². The number of nitrogens with zero attached hydrogens (tertiary/aromatic N) is 1. The van der Waals surface area contributed by atoms with E-state index in [2.05, 4.69) is 10.2 Å². The summed E-state index contributed by atoms with van der Waals surface area (Å²) < 4.78 is 0. The first-order valence-electron chi connectivity index (χ1n) is 5.98. The van der Waals surface area contributed by atoms with E-state index < -0.39 is 0 Å². The van der Waals surface area contributed by atoms with E-state index in [9.17, 15) is 4.79 Å². The van der Waals surface area contributed by atoms with Gasteiger partial charge in [-0.3, -0.25) is 9.69 Å². The summed E-state index contributed by atoms with van der Waals surface area (Å²) in [5.74, 6) is 0.908. The topological polar surface area (TPSA) is 58.4 Å². The molecule has 1 aliphatic heterocycles. The first-order chi connectivity index (χ1) is 7.24. The number of amides is 1. The summed E-state index contributed by atoms with van der Waals surface area (Å²) in [6, 6.07) is 0.268. The van der Waals surface area contributed by atoms with E-state index in [0.717, 1.165) is 32.0 Å². The molecular weight excluding hydrogens is 226 g/mol. The smallest absolute Gasteiger partial charge is 0.234 e. The van der Waals surface area contributed by atoms with Gasteiger partial charge in [-0.1, -0.05) is 6.42 Å². The minimum Gasteiger partial charge on any atom is -0.355 e. The van der Waals surface area contributed by atoms with Crippen molar-refractivity contribution in [3.8, 4) is 0 Å². The van der Waals surface area contributed by atoms with Gasteiger partial charge < -0.3 is 11.1 Å². The van der Waals surface area contributed by atoms with Crippen LogP contribution < -0.4 is 11.1 Å². The van der Waals surface area contributed by atoms with Crippen molar-refractivity contribution < 1.29 is 4.79 Å². The van der Waals surface area contributed by atoms with E-state index >= 15 is 0 Å². The maximum absolute atomic E-state index is 11.6. The molecule has 1 atom stereocenters. The number of nitrogens with two attached hydrogens (primary N) is 1. The molecule has 4 nitrogen and oxygen atoms in total. The van der Waals surface area contributed by atoms with Crippen LogP contribution in [-0.2, 0) is 4.79 Å². The summed E-state index contributed by atoms with van der Waals surface area (Å²) in [7, 11) is 0. The van der Waals surface area contributed by atoms with Crippen LogP contribution in [0.3, 0.4) is 0 Å². The van der Waals surface area contributed by atoms with Gasteiger partial charge in [-0.05, 0) is 25.2 Å². The highest BCUT2D eigenvalue weighted by atomic mass is 35.5. The van der Waals surface area contributed by atoms with Gasteiger partial charge in [-0.2, -0.15) is 0 Å². The first-order valence-corrected chi connectivity index (χ1v) is 5.98. The Hall–Kier alpha value is -0.320. The van der Waals surface area contributed by atoms with Gasteiger partial charge in [-0.25, -0.2) is 0 Å². The number of hydrogen-bond donors (Lipinski definition) is 2. The second-order valence-corrected chi connectivity index (χ2v) is 4.88. The Morgan fingerprint density at radius 3 is 2.62 bits per heavy atom. The van der Waals surface area contributed by atoms with Gasteiger partial charge in [0, 0.05) is 25.7 Å². The molecule has 94 valence electrons. The number of carbonyl (C=O) groups excluding carboxylic acids is 1. The Morgan fingerprint density at radius 2 is 2.12 bits per heavy atom. The summed E-state index contributed by atoms with van der Waals surface area (Å²) >= 11 is 0. The molecule has 2 rings (SSSR count). The van der Waals surface area contributed by atoms with Crippen LogP contribution >= 0.6 is 12.4 Å². The zero-order valence-electron chi connectivity index (χ0n) is 9.65. The average molecular weight is 248 g/mol. The second-order valence-electron chi connectivity index (χ2n) is 4.88. The molecule has 0 radical (unpaired) electrons. The van der Waals surface area contributed by atoms with Crippen molar-refractivity contribution in [2.75, 3.05) is 26.2 Å². The van der Waals surface area contributed by atoms with Gasteiger partial charge in [0.05, 0.1) is 6.54 Å². The number of nitrogens with one attached hydrogen (secondary N) is 1. The van der Waals surface area contributed by atoms with E-state index in [1.807, 2.05) is 0 Å². The molecule has 0 aromatic heterocycles. The number of halogens is 1. The number of rotatable bonds is 4. The predicted octanol–water partition coefficient (Wildman–Crippen LogP) is 0.357. The van der Waals surface area contributed by atoms with Gasteiger partial charge in [0.1, 0.15) is 0 Å². The van der Waals surface area contributed by atoms with Crippen LogP contribution in [0.15, 0.2) is 0 Å². The zero-order valence-corrected chi connectivity index (χ0v) is 10.5. The van der Waals surface area contributed by atoms with E-state index in [4.69, 9.17) is 5.73 Å². The Labute approximate surface area is 103 Å². The Balaban J connectivity index is 0.00000128. The minimum absolute atomic E-state index is 0. The summed E-state index contributed by atoms with van der Waals surface area (Å²) in [4.78, 5) is 13.7. The quantitative estimate of drug-likeness (QED) is 0.754. The maximum Gasteiger partial charge on any atom is 0.234 e. The molecule has 1 saturated heterocycles. The molecular formula is C11H22ClN3O. The van der Waals surface area contributed by atoms with Gasteiger partial charge in [0.15, 0.2) is 0 Å². The third kappa shape index (κ3) is 3.92. The van der Waals surface area contributed by atoms with Crippen molar-refractivity contribution in [2.45, 2.75) is 31.7 Å². The van der Waals surface area contributed by atoms with Crippen molar-refractivity contribution >= 4 is 18.3 Å². The van der Waals surface area contributed by atoms with Crippen molar-refractivity contribution in [3.63, 3.8) is 0 Å². The van der Waals surface area contributed by atoms with Crippen molar-refractivity contribution in [1.82, 2.24) is 10.2 Å². The maximum atomic E-state index is 11.6. The molecule has 0 spiro atoms. The molecule has 2 fully saturated rings. The normalized spacial score (nSPS) is 25.9. The molecule has 0 aromatic carbocycles. The molecule has 1 amide bonds. The highest BCUT2D eigenvalue weighted by molar-refractivity contribution is 5.85. The SMILES string of the molecule is Cl.NC1CCN(CC(=O)NCC2CCC2)C1. The van der Waals surface area contributed by atoms with Crippen LogP contribution in [0.25, 0.3) is 0 Å². The third-order valence-corrected chi connectivity index (χ3v) is 3.49. The lowest BCUT2D eigenvalue weighted by atomic mass is 9.85. The largest absolute Gasteiger partial charge is 0.355 e. The lowest BCUT2D eigenvalue weighted by molar-refractivity contribution is -0.122.